The highest BCUT2D eigenvalue weighted by atomic mass is 16.5. The Labute approximate surface area is 99.7 Å². The van der Waals surface area contributed by atoms with Crippen LogP contribution in [-0.4, -0.2) is 48.8 Å². The van der Waals surface area contributed by atoms with Gasteiger partial charge in [-0.2, -0.15) is 0 Å². The molecule has 1 saturated carbocycles. The van der Waals surface area contributed by atoms with E-state index in [1.165, 1.54) is 0 Å². The number of hydrogen-bond donors (Lipinski definition) is 3. The van der Waals surface area contributed by atoms with Gasteiger partial charge < -0.3 is 20.5 Å². The van der Waals surface area contributed by atoms with E-state index in [0.29, 0.717) is 26.2 Å². The Bertz CT molecular complexity index is 302. The first-order chi connectivity index (χ1) is 8.18. The number of hydrogen-bond acceptors (Lipinski definition) is 4. The van der Waals surface area contributed by atoms with Crippen molar-refractivity contribution in [2.75, 3.05) is 19.8 Å². The molecule has 17 heavy (non-hydrogen) atoms. The average molecular weight is 242 g/mol. The van der Waals surface area contributed by atoms with E-state index in [2.05, 4.69) is 10.6 Å². The van der Waals surface area contributed by atoms with Crippen molar-refractivity contribution < 1.29 is 19.4 Å². The average Bonchev–Trinajstić information content (AvgIpc) is 2.78. The fourth-order valence-corrected chi connectivity index (χ4v) is 2.45. The predicted molar refractivity (Wildman–Crippen MR) is 59.5 cm³/mol. The Morgan fingerprint density at radius 2 is 2.18 bits per heavy atom. The summed E-state index contributed by atoms with van der Waals surface area (Å²) in [6.45, 7) is 1.63. The molecular formula is C11H18N2O4. The second-order valence-corrected chi connectivity index (χ2v) is 4.57. The molecule has 1 heterocycles. The van der Waals surface area contributed by atoms with Crippen LogP contribution in [0.5, 0.6) is 0 Å². The molecule has 1 amide bonds. The van der Waals surface area contributed by atoms with Gasteiger partial charge in [0.05, 0.1) is 19.1 Å². The zero-order valence-corrected chi connectivity index (χ0v) is 9.65. The maximum absolute atomic E-state index is 11.9. The Kier molecular flexibility index (Phi) is 3.96. The quantitative estimate of drug-likeness (QED) is 0.612. The molecule has 6 nitrogen and oxygen atoms in total. The minimum atomic E-state index is -0.819. The highest BCUT2D eigenvalue weighted by Gasteiger charge is 2.35. The fourth-order valence-electron chi connectivity index (χ4n) is 2.45. The predicted octanol–water partition coefficient (Wildman–Crippen LogP) is -0.656. The minimum absolute atomic E-state index is 0.150. The summed E-state index contributed by atoms with van der Waals surface area (Å²) in [6.07, 6.45) is 2.25. The second-order valence-electron chi connectivity index (χ2n) is 4.57. The summed E-state index contributed by atoms with van der Waals surface area (Å²) in [5, 5.41) is 14.9. The van der Waals surface area contributed by atoms with E-state index >= 15 is 0 Å². The first-order valence-electron chi connectivity index (χ1n) is 6.03. The Morgan fingerprint density at radius 3 is 2.82 bits per heavy atom. The molecule has 2 rings (SSSR count). The molecule has 3 atom stereocenters. The summed E-state index contributed by atoms with van der Waals surface area (Å²) in [6, 6.07) is -0.581. The molecule has 3 unspecified atom stereocenters. The van der Waals surface area contributed by atoms with Crippen LogP contribution in [0.25, 0.3) is 0 Å². The Hall–Kier alpha value is -1.14. The minimum Gasteiger partial charge on any atom is -0.481 e. The van der Waals surface area contributed by atoms with Crippen molar-refractivity contribution in [2.24, 2.45) is 5.92 Å². The topological polar surface area (TPSA) is 87.7 Å². The van der Waals surface area contributed by atoms with Crippen molar-refractivity contribution >= 4 is 11.9 Å². The lowest BCUT2D eigenvalue weighted by atomic mass is 10.0. The standard InChI is InChI=1S/C11H18N2O4/c14-10(9-6-17-5-4-12-9)13-8-3-1-2-7(8)11(15)16/h7-9,12H,1-6H2,(H,13,14)(H,15,16). The monoisotopic (exact) mass is 242 g/mol. The van der Waals surface area contributed by atoms with Gasteiger partial charge in [0.1, 0.15) is 6.04 Å². The van der Waals surface area contributed by atoms with E-state index in [0.717, 1.165) is 12.8 Å². The van der Waals surface area contributed by atoms with Crippen molar-refractivity contribution in [3.8, 4) is 0 Å². The molecule has 0 aromatic rings. The van der Waals surface area contributed by atoms with Gasteiger partial charge in [-0.25, -0.2) is 0 Å². The van der Waals surface area contributed by atoms with Crippen LogP contribution in [0.1, 0.15) is 19.3 Å². The number of ether oxygens (including phenoxy) is 1. The van der Waals surface area contributed by atoms with Crippen molar-refractivity contribution in [1.29, 1.82) is 0 Å². The largest absolute Gasteiger partial charge is 0.481 e. The molecule has 1 aliphatic heterocycles. The molecule has 6 heteroatoms. The lowest BCUT2D eigenvalue weighted by molar-refractivity contribution is -0.142. The van der Waals surface area contributed by atoms with E-state index in [4.69, 9.17) is 9.84 Å². The molecule has 0 bridgehead atoms. The number of nitrogens with one attached hydrogen (secondary N) is 2. The molecule has 2 aliphatic rings. The molecule has 1 aliphatic carbocycles. The third-order valence-electron chi connectivity index (χ3n) is 3.40. The van der Waals surface area contributed by atoms with Gasteiger partial charge in [-0.3, -0.25) is 9.59 Å². The Balaban J connectivity index is 1.86. The summed E-state index contributed by atoms with van der Waals surface area (Å²) in [7, 11) is 0. The molecule has 2 fully saturated rings. The SMILES string of the molecule is O=C(NC1CCCC1C(=O)O)C1COCCN1. The van der Waals surface area contributed by atoms with Gasteiger partial charge in [-0.15, -0.1) is 0 Å². The fraction of sp³-hybridized carbons (Fsp3) is 0.818. The van der Waals surface area contributed by atoms with Crippen molar-refractivity contribution in [3.63, 3.8) is 0 Å². The molecule has 0 radical (unpaired) electrons. The lowest BCUT2D eigenvalue weighted by Gasteiger charge is -2.25. The van der Waals surface area contributed by atoms with Crippen molar-refractivity contribution in [1.82, 2.24) is 10.6 Å². The zero-order chi connectivity index (χ0) is 12.3. The zero-order valence-electron chi connectivity index (χ0n) is 9.65. The van der Waals surface area contributed by atoms with E-state index in [9.17, 15) is 9.59 Å². The van der Waals surface area contributed by atoms with E-state index in [-0.39, 0.29) is 18.0 Å². The number of carbonyl (C=O) groups is 2. The van der Waals surface area contributed by atoms with Gasteiger partial charge in [-0.05, 0) is 12.8 Å². The van der Waals surface area contributed by atoms with Gasteiger partial charge in [0.25, 0.3) is 0 Å². The van der Waals surface area contributed by atoms with Crippen LogP contribution in [0.3, 0.4) is 0 Å². The van der Waals surface area contributed by atoms with Crippen molar-refractivity contribution in [2.45, 2.75) is 31.3 Å². The van der Waals surface area contributed by atoms with Crippen LogP contribution in [0.4, 0.5) is 0 Å². The van der Waals surface area contributed by atoms with E-state index < -0.39 is 11.9 Å². The summed E-state index contributed by atoms with van der Waals surface area (Å²) in [4.78, 5) is 22.9. The number of rotatable bonds is 3. The smallest absolute Gasteiger partial charge is 0.308 e. The Morgan fingerprint density at radius 1 is 1.35 bits per heavy atom. The summed E-state index contributed by atoms with van der Waals surface area (Å²) >= 11 is 0. The van der Waals surface area contributed by atoms with E-state index in [1.54, 1.807) is 0 Å². The van der Waals surface area contributed by atoms with Gasteiger partial charge in [0.2, 0.25) is 5.91 Å². The molecule has 1 saturated heterocycles. The second kappa shape index (κ2) is 5.46. The van der Waals surface area contributed by atoms with Crippen LogP contribution >= 0.6 is 0 Å². The third kappa shape index (κ3) is 2.95. The van der Waals surface area contributed by atoms with Gasteiger partial charge >= 0.3 is 5.97 Å². The number of carboxylic acids is 1. The van der Waals surface area contributed by atoms with E-state index in [1.807, 2.05) is 0 Å². The highest BCUT2D eigenvalue weighted by Crippen LogP contribution is 2.25. The van der Waals surface area contributed by atoms with Crippen LogP contribution in [0.2, 0.25) is 0 Å². The normalized spacial score (nSPS) is 33.3. The number of morpholine rings is 1. The van der Waals surface area contributed by atoms with Gasteiger partial charge in [0.15, 0.2) is 0 Å². The first kappa shape index (κ1) is 12.3. The molecule has 0 aromatic heterocycles. The van der Waals surface area contributed by atoms with Gasteiger partial charge in [-0.1, -0.05) is 6.42 Å². The first-order valence-corrected chi connectivity index (χ1v) is 6.03. The molecular weight excluding hydrogens is 224 g/mol. The maximum Gasteiger partial charge on any atom is 0.308 e. The maximum atomic E-state index is 11.9. The third-order valence-corrected chi connectivity index (χ3v) is 3.40. The number of amides is 1. The number of carbonyl (C=O) groups excluding carboxylic acids is 1. The van der Waals surface area contributed by atoms with Gasteiger partial charge in [0, 0.05) is 12.6 Å². The summed E-state index contributed by atoms with van der Waals surface area (Å²) in [5.41, 5.74) is 0. The lowest BCUT2D eigenvalue weighted by Crippen LogP contribution is -2.54. The van der Waals surface area contributed by atoms with Crippen LogP contribution < -0.4 is 10.6 Å². The highest BCUT2D eigenvalue weighted by molar-refractivity contribution is 5.83. The van der Waals surface area contributed by atoms with Crippen LogP contribution in [0, 0.1) is 5.92 Å². The molecule has 0 spiro atoms. The van der Waals surface area contributed by atoms with Crippen LogP contribution in [-0.2, 0) is 14.3 Å². The molecule has 0 aromatic carbocycles. The molecule has 96 valence electrons. The van der Waals surface area contributed by atoms with Crippen LogP contribution in [0.15, 0.2) is 0 Å². The number of carboxylic acid groups (broad SMARTS) is 1. The summed E-state index contributed by atoms with van der Waals surface area (Å²) < 4.78 is 5.20. The van der Waals surface area contributed by atoms with Crippen molar-refractivity contribution in [3.05, 3.63) is 0 Å². The number of aliphatic carboxylic acids is 1. The molecule has 3 N–H and O–H groups in total. The summed E-state index contributed by atoms with van der Waals surface area (Å²) in [5.74, 6) is -1.41.